The van der Waals surface area contributed by atoms with Crippen molar-refractivity contribution in [3.8, 4) is 0 Å². The van der Waals surface area contributed by atoms with Gasteiger partial charge in [-0.05, 0) is 37.7 Å². The number of likely N-dealkylation sites (tertiary alicyclic amines) is 1. The van der Waals surface area contributed by atoms with Crippen LogP contribution < -0.4 is 0 Å². The minimum absolute atomic E-state index is 0.0890. The van der Waals surface area contributed by atoms with Crippen molar-refractivity contribution in [2.24, 2.45) is 5.92 Å². The summed E-state index contributed by atoms with van der Waals surface area (Å²) in [6.07, 6.45) is 5.26. The van der Waals surface area contributed by atoms with Crippen LogP contribution in [0.3, 0.4) is 0 Å². The van der Waals surface area contributed by atoms with Crippen LogP contribution in [0.15, 0.2) is 30.5 Å². The molecular formula is C19H26N4O2. The summed E-state index contributed by atoms with van der Waals surface area (Å²) in [6.45, 7) is 4.36. The Labute approximate surface area is 148 Å². The molecule has 1 atom stereocenters. The molecule has 1 aliphatic rings. The molecule has 6 heteroatoms. The number of carbonyl (C=O) groups excluding carboxylic acids is 1. The maximum absolute atomic E-state index is 12.5. The van der Waals surface area contributed by atoms with Gasteiger partial charge in [0, 0.05) is 26.1 Å². The molecule has 6 nitrogen and oxygen atoms in total. The zero-order valence-corrected chi connectivity index (χ0v) is 14.8. The van der Waals surface area contributed by atoms with E-state index >= 15 is 0 Å². The fourth-order valence-corrected chi connectivity index (χ4v) is 3.37. The molecular weight excluding hydrogens is 316 g/mol. The van der Waals surface area contributed by atoms with Crippen LogP contribution in [-0.4, -0.2) is 44.0 Å². The standard InChI is InChI=1S/C19H26N4O2/c1-15-4-6-16(7-5-15)8-9-19(25)22-10-2-3-17(11-22)12-23-13-18(14-24)20-21-23/h4-7,13,17,24H,2-3,8-12,14H2,1H3. The molecule has 1 aromatic heterocycles. The summed E-state index contributed by atoms with van der Waals surface area (Å²) in [5, 5.41) is 17.0. The number of aromatic nitrogens is 3. The average molecular weight is 342 g/mol. The Kier molecular flexibility index (Phi) is 5.81. The van der Waals surface area contributed by atoms with E-state index in [4.69, 9.17) is 5.11 Å². The fraction of sp³-hybridized carbons (Fsp3) is 0.526. The number of hydrogen-bond acceptors (Lipinski definition) is 4. The SMILES string of the molecule is Cc1ccc(CCC(=O)N2CCCC(Cn3cc(CO)nn3)C2)cc1. The van der Waals surface area contributed by atoms with E-state index < -0.39 is 0 Å². The Bertz CT molecular complexity index is 696. The van der Waals surface area contributed by atoms with Gasteiger partial charge in [-0.2, -0.15) is 0 Å². The van der Waals surface area contributed by atoms with Gasteiger partial charge in [-0.1, -0.05) is 35.0 Å². The molecule has 0 radical (unpaired) electrons. The smallest absolute Gasteiger partial charge is 0.222 e. The Morgan fingerprint density at radius 3 is 2.84 bits per heavy atom. The number of aliphatic hydroxyl groups is 1. The number of piperidine rings is 1. The van der Waals surface area contributed by atoms with Crippen LogP contribution in [-0.2, 0) is 24.4 Å². The van der Waals surface area contributed by atoms with Gasteiger partial charge in [0.25, 0.3) is 0 Å². The minimum Gasteiger partial charge on any atom is -0.390 e. The number of carbonyl (C=O) groups is 1. The van der Waals surface area contributed by atoms with Gasteiger partial charge in [-0.25, -0.2) is 0 Å². The van der Waals surface area contributed by atoms with E-state index in [-0.39, 0.29) is 12.5 Å². The fourth-order valence-electron chi connectivity index (χ4n) is 3.37. The van der Waals surface area contributed by atoms with Gasteiger partial charge in [0.2, 0.25) is 5.91 Å². The third-order valence-electron chi connectivity index (χ3n) is 4.81. The largest absolute Gasteiger partial charge is 0.390 e. The van der Waals surface area contributed by atoms with E-state index in [9.17, 15) is 4.79 Å². The van der Waals surface area contributed by atoms with Gasteiger partial charge in [-0.3, -0.25) is 9.48 Å². The third kappa shape index (κ3) is 4.89. The first-order valence-electron chi connectivity index (χ1n) is 8.97. The van der Waals surface area contributed by atoms with Crippen molar-refractivity contribution < 1.29 is 9.90 Å². The zero-order chi connectivity index (χ0) is 17.6. The lowest BCUT2D eigenvalue weighted by Gasteiger charge is -2.32. The number of aryl methyl sites for hydroxylation is 2. The van der Waals surface area contributed by atoms with Crippen LogP contribution in [0.4, 0.5) is 0 Å². The summed E-state index contributed by atoms with van der Waals surface area (Å²) >= 11 is 0. The maximum Gasteiger partial charge on any atom is 0.222 e. The Morgan fingerprint density at radius 2 is 2.12 bits per heavy atom. The van der Waals surface area contributed by atoms with E-state index in [0.717, 1.165) is 38.9 Å². The van der Waals surface area contributed by atoms with Gasteiger partial charge in [0.15, 0.2) is 0 Å². The second-order valence-electron chi connectivity index (χ2n) is 6.92. The molecule has 0 spiro atoms. The lowest BCUT2D eigenvalue weighted by atomic mass is 9.97. The molecule has 0 aliphatic carbocycles. The molecule has 1 amide bonds. The summed E-state index contributed by atoms with van der Waals surface area (Å²) in [4.78, 5) is 14.5. The van der Waals surface area contributed by atoms with Crippen molar-refractivity contribution in [3.05, 3.63) is 47.3 Å². The number of benzene rings is 1. The van der Waals surface area contributed by atoms with Gasteiger partial charge < -0.3 is 10.0 Å². The number of nitrogens with zero attached hydrogens (tertiary/aromatic N) is 4. The maximum atomic E-state index is 12.5. The van der Waals surface area contributed by atoms with Crippen LogP contribution in [0.1, 0.15) is 36.1 Å². The second-order valence-corrected chi connectivity index (χ2v) is 6.92. The zero-order valence-electron chi connectivity index (χ0n) is 14.8. The second kappa shape index (κ2) is 8.25. The predicted molar refractivity (Wildman–Crippen MR) is 94.7 cm³/mol. The van der Waals surface area contributed by atoms with Gasteiger partial charge >= 0.3 is 0 Å². The van der Waals surface area contributed by atoms with Gasteiger partial charge in [-0.15, -0.1) is 5.10 Å². The molecule has 2 heterocycles. The molecule has 1 fully saturated rings. The predicted octanol–water partition coefficient (Wildman–Crippen LogP) is 1.95. The molecule has 1 aromatic carbocycles. The van der Waals surface area contributed by atoms with E-state index in [1.807, 2.05) is 4.90 Å². The van der Waals surface area contributed by atoms with Gasteiger partial charge in [0.1, 0.15) is 5.69 Å². The molecule has 0 saturated carbocycles. The molecule has 0 bridgehead atoms. The van der Waals surface area contributed by atoms with E-state index in [2.05, 4.69) is 41.5 Å². The van der Waals surface area contributed by atoms with Crippen molar-refractivity contribution in [2.75, 3.05) is 13.1 Å². The summed E-state index contributed by atoms with van der Waals surface area (Å²) < 4.78 is 1.77. The number of hydrogen-bond donors (Lipinski definition) is 1. The van der Waals surface area contributed by atoms with Crippen LogP contribution in [0.5, 0.6) is 0 Å². The summed E-state index contributed by atoms with van der Waals surface area (Å²) in [5.41, 5.74) is 3.04. The Morgan fingerprint density at radius 1 is 1.32 bits per heavy atom. The molecule has 1 saturated heterocycles. The Balaban J connectivity index is 1.49. The Hall–Kier alpha value is -2.21. The lowest BCUT2D eigenvalue weighted by Crippen LogP contribution is -2.41. The van der Waals surface area contributed by atoms with Crippen molar-refractivity contribution in [1.29, 1.82) is 0 Å². The molecule has 1 aliphatic heterocycles. The summed E-state index contributed by atoms with van der Waals surface area (Å²) in [7, 11) is 0. The monoisotopic (exact) mass is 342 g/mol. The highest BCUT2D eigenvalue weighted by Gasteiger charge is 2.24. The van der Waals surface area contributed by atoms with Crippen LogP contribution in [0.25, 0.3) is 0 Å². The van der Waals surface area contributed by atoms with E-state index in [1.54, 1.807) is 10.9 Å². The van der Waals surface area contributed by atoms with Crippen molar-refractivity contribution in [1.82, 2.24) is 19.9 Å². The minimum atomic E-state index is -0.0890. The summed E-state index contributed by atoms with van der Waals surface area (Å²) in [6, 6.07) is 8.39. The third-order valence-corrected chi connectivity index (χ3v) is 4.81. The first-order chi connectivity index (χ1) is 12.1. The highest BCUT2D eigenvalue weighted by atomic mass is 16.3. The number of aliphatic hydroxyl groups excluding tert-OH is 1. The molecule has 2 aromatic rings. The molecule has 1 unspecified atom stereocenters. The molecule has 3 rings (SSSR count). The van der Waals surface area contributed by atoms with E-state index in [1.165, 1.54) is 11.1 Å². The van der Waals surface area contributed by atoms with Crippen molar-refractivity contribution >= 4 is 5.91 Å². The lowest BCUT2D eigenvalue weighted by molar-refractivity contribution is -0.133. The van der Waals surface area contributed by atoms with Crippen LogP contribution in [0.2, 0.25) is 0 Å². The van der Waals surface area contributed by atoms with Gasteiger partial charge in [0.05, 0.1) is 12.8 Å². The molecule has 1 N–H and O–H groups in total. The highest BCUT2D eigenvalue weighted by molar-refractivity contribution is 5.76. The van der Waals surface area contributed by atoms with E-state index in [0.29, 0.717) is 18.0 Å². The van der Waals surface area contributed by atoms with Crippen LogP contribution in [0, 0.1) is 12.8 Å². The first kappa shape index (κ1) is 17.6. The van der Waals surface area contributed by atoms with Crippen molar-refractivity contribution in [2.45, 2.75) is 45.8 Å². The number of amides is 1. The average Bonchev–Trinajstić information content (AvgIpc) is 3.09. The topological polar surface area (TPSA) is 71.2 Å². The first-order valence-corrected chi connectivity index (χ1v) is 8.97. The van der Waals surface area contributed by atoms with Crippen molar-refractivity contribution in [3.63, 3.8) is 0 Å². The molecule has 25 heavy (non-hydrogen) atoms. The van der Waals surface area contributed by atoms with Crippen LogP contribution >= 0.6 is 0 Å². The summed E-state index contributed by atoms with van der Waals surface area (Å²) in [5.74, 6) is 0.630. The number of rotatable bonds is 6. The molecule has 134 valence electrons. The highest BCUT2D eigenvalue weighted by Crippen LogP contribution is 2.19. The quantitative estimate of drug-likeness (QED) is 0.871. The normalized spacial score (nSPS) is 17.7.